The molecule has 19 heavy (non-hydrogen) atoms. The Labute approximate surface area is 105 Å². The fraction of sp³-hybridized carbons (Fsp3) is 0.0833. The first-order valence-electron chi connectivity index (χ1n) is 5.12. The van der Waals surface area contributed by atoms with E-state index in [0.717, 1.165) is 30.5 Å². The van der Waals surface area contributed by atoms with E-state index in [1.54, 1.807) is 0 Å². The van der Waals surface area contributed by atoms with Crippen molar-refractivity contribution in [2.45, 2.75) is 6.18 Å². The number of pyridine rings is 1. The number of aromatic nitrogens is 1. The normalized spacial score (nSPS) is 11.4. The molecule has 2 rings (SSSR count). The first-order chi connectivity index (χ1) is 8.86. The van der Waals surface area contributed by atoms with Gasteiger partial charge in [-0.05, 0) is 24.3 Å². The number of ether oxygens (including phenoxy) is 1. The van der Waals surface area contributed by atoms with Gasteiger partial charge in [-0.25, -0.2) is 9.37 Å². The molecule has 1 aromatic heterocycles. The first-order valence-corrected chi connectivity index (χ1v) is 5.12. The van der Waals surface area contributed by atoms with E-state index in [0.29, 0.717) is 0 Å². The zero-order valence-electron chi connectivity index (χ0n) is 9.41. The number of rotatable bonds is 2. The van der Waals surface area contributed by atoms with Gasteiger partial charge in [-0.15, -0.1) is 0 Å². The summed E-state index contributed by atoms with van der Waals surface area (Å²) >= 11 is 0. The lowest BCUT2D eigenvalue weighted by atomic mass is 10.2. The topological polar surface area (TPSA) is 48.1 Å². The molecule has 0 atom stereocenters. The number of anilines is 1. The molecule has 0 amide bonds. The minimum Gasteiger partial charge on any atom is -0.437 e. The minimum absolute atomic E-state index is 0.0205. The van der Waals surface area contributed by atoms with Gasteiger partial charge in [-0.2, -0.15) is 13.2 Å². The van der Waals surface area contributed by atoms with Crippen LogP contribution >= 0.6 is 0 Å². The molecular formula is C12H8F4N2O. The fourth-order valence-corrected chi connectivity index (χ4v) is 1.35. The predicted molar refractivity (Wildman–Crippen MR) is 60.1 cm³/mol. The zero-order chi connectivity index (χ0) is 14.0. The fourth-order valence-electron chi connectivity index (χ4n) is 1.35. The molecule has 0 saturated carbocycles. The Hall–Kier alpha value is -2.31. The number of benzene rings is 1. The molecule has 0 aliphatic carbocycles. The second kappa shape index (κ2) is 4.75. The lowest BCUT2D eigenvalue weighted by molar-refractivity contribution is -0.137. The highest BCUT2D eigenvalue weighted by molar-refractivity contribution is 5.55. The van der Waals surface area contributed by atoms with Crippen molar-refractivity contribution in [2.75, 3.05) is 5.73 Å². The first kappa shape index (κ1) is 13.1. The second-order valence-corrected chi connectivity index (χ2v) is 3.67. The zero-order valence-corrected chi connectivity index (χ0v) is 9.41. The van der Waals surface area contributed by atoms with Gasteiger partial charge in [-0.1, -0.05) is 0 Å². The number of halogens is 4. The molecule has 0 aliphatic rings. The van der Waals surface area contributed by atoms with Crippen molar-refractivity contribution in [3.8, 4) is 11.6 Å². The minimum atomic E-state index is -4.47. The van der Waals surface area contributed by atoms with Crippen LogP contribution in [0.15, 0.2) is 36.5 Å². The number of alkyl halides is 3. The molecule has 0 saturated heterocycles. The molecule has 1 heterocycles. The molecule has 2 aromatic rings. The van der Waals surface area contributed by atoms with Crippen molar-refractivity contribution in [2.24, 2.45) is 0 Å². The summed E-state index contributed by atoms with van der Waals surface area (Å²) in [4.78, 5) is 3.61. The smallest absolute Gasteiger partial charge is 0.416 e. The van der Waals surface area contributed by atoms with Crippen LogP contribution in [-0.4, -0.2) is 4.98 Å². The SMILES string of the molecule is Nc1cc(C(F)(F)F)ccc1Oc1ccc(F)cn1. The molecular weight excluding hydrogens is 264 g/mol. The average molecular weight is 272 g/mol. The Bertz CT molecular complexity index is 581. The highest BCUT2D eigenvalue weighted by Gasteiger charge is 2.31. The summed E-state index contributed by atoms with van der Waals surface area (Å²) in [5, 5.41) is 0. The van der Waals surface area contributed by atoms with E-state index in [-0.39, 0.29) is 17.3 Å². The maximum Gasteiger partial charge on any atom is 0.416 e. The largest absolute Gasteiger partial charge is 0.437 e. The van der Waals surface area contributed by atoms with Crippen LogP contribution in [0.4, 0.5) is 23.2 Å². The van der Waals surface area contributed by atoms with Gasteiger partial charge in [0.05, 0.1) is 17.4 Å². The van der Waals surface area contributed by atoms with Crippen LogP contribution in [0.5, 0.6) is 11.6 Å². The Kier molecular flexibility index (Phi) is 3.28. The molecule has 0 unspecified atom stereocenters. The van der Waals surface area contributed by atoms with Crippen LogP contribution < -0.4 is 10.5 Å². The number of nitrogens with zero attached hydrogens (tertiary/aromatic N) is 1. The van der Waals surface area contributed by atoms with Gasteiger partial charge in [0.15, 0.2) is 5.75 Å². The van der Waals surface area contributed by atoms with Crippen LogP contribution in [0, 0.1) is 5.82 Å². The molecule has 0 aliphatic heterocycles. The van der Waals surface area contributed by atoms with Gasteiger partial charge in [0, 0.05) is 6.07 Å². The van der Waals surface area contributed by atoms with Crippen molar-refractivity contribution >= 4 is 5.69 Å². The van der Waals surface area contributed by atoms with Crippen molar-refractivity contribution < 1.29 is 22.3 Å². The molecule has 3 nitrogen and oxygen atoms in total. The van der Waals surface area contributed by atoms with Gasteiger partial charge < -0.3 is 10.5 Å². The Morgan fingerprint density at radius 2 is 1.84 bits per heavy atom. The molecule has 0 fully saturated rings. The van der Waals surface area contributed by atoms with E-state index in [1.807, 2.05) is 0 Å². The van der Waals surface area contributed by atoms with E-state index in [4.69, 9.17) is 10.5 Å². The van der Waals surface area contributed by atoms with Crippen LogP contribution in [0.1, 0.15) is 5.56 Å². The molecule has 7 heteroatoms. The summed E-state index contributed by atoms with van der Waals surface area (Å²) in [6.07, 6.45) is -3.55. The number of nitrogen functional groups attached to an aromatic ring is 1. The Morgan fingerprint density at radius 1 is 1.11 bits per heavy atom. The van der Waals surface area contributed by atoms with Gasteiger partial charge in [0.1, 0.15) is 5.82 Å². The standard InChI is InChI=1S/C12H8F4N2O/c13-8-2-4-11(18-6-8)19-10-3-1-7(5-9(10)17)12(14,15)16/h1-6H,17H2. The Morgan fingerprint density at radius 3 is 2.37 bits per heavy atom. The highest BCUT2D eigenvalue weighted by Crippen LogP contribution is 2.34. The number of hydrogen-bond acceptors (Lipinski definition) is 3. The van der Waals surface area contributed by atoms with Crippen LogP contribution in [0.2, 0.25) is 0 Å². The van der Waals surface area contributed by atoms with Crippen molar-refractivity contribution in [1.82, 2.24) is 4.98 Å². The van der Waals surface area contributed by atoms with Crippen LogP contribution in [0.25, 0.3) is 0 Å². The quantitative estimate of drug-likeness (QED) is 0.671. The lowest BCUT2D eigenvalue weighted by Crippen LogP contribution is -2.06. The molecule has 0 radical (unpaired) electrons. The number of nitrogens with two attached hydrogens (primary N) is 1. The summed E-state index contributed by atoms with van der Waals surface area (Å²) in [6.45, 7) is 0. The lowest BCUT2D eigenvalue weighted by Gasteiger charge is -2.11. The third kappa shape index (κ3) is 3.12. The molecule has 100 valence electrons. The summed E-state index contributed by atoms with van der Waals surface area (Å²) < 4.78 is 55.0. The summed E-state index contributed by atoms with van der Waals surface area (Å²) in [6, 6.07) is 5.05. The third-order valence-electron chi connectivity index (χ3n) is 2.25. The van der Waals surface area contributed by atoms with Crippen LogP contribution in [0.3, 0.4) is 0 Å². The van der Waals surface area contributed by atoms with Crippen molar-refractivity contribution in [3.63, 3.8) is 0 Å². The van der Waals surface area contributed by atoms with Gasteiger partial charge in [0.25, 0.3) is 0 Å². The van der Waals surface area contributed by atoms with E-state index in [9.17, 15) is 17.6 Å². The predicted octanol–water partition coefficient (Wildman–Crippen LogP) is 3.61. The van der Waals surface area contributed by atoms with Crippen molar-refractivity contribution in [1.29, 1.82) is 0 Å². The van der Waals surface area contributed by atoms with Gasteiger partial charge in [0.2, 0.25) is 5.88 Å². The molecule has 2 N–H and O–H groups in total. The van der Waals surface area contributed by atoms with E-state index >= 15 is 0 Å². The van der Waals surface area contributed by atoms with E-state index < -0.39 is 17.6 Å². The summed E-state index contributed by atoms with van der Waals surface area (Å²) in [7, 11) is 0. The van der Waals surface area contributed by atoms with Gasteiger partial charge in [-0.3, -0.25) is 0 Å². The average Bonchev–Trinajstić information content (AvgIpc) is 2.33. The molecule has 0 bridgehead atoms. The second-order valence-electron chi connectivity index (χ2n) is 3.67. The number of hydrogen-bond donors (Lipinski definition) is 1. The van der Waals surface area contributed by atoms with Crippen LogP contribution in [-0.2, 0) is 6.18 Å². The van der Waals surface area contributed by atoms with Gasteiger partial charge >= 0.3 is 6.18 Å². The monoisotopic (exact) mass is 272 g/mol. The molecule has 1 aromatic carbocycles. The summed E-state index contributed by atoms with van der Waals surface area (Å²) in [5.74, 6) is -0.493. The Balaban J connectivity index is 2.24. The molecule has 0 spiro atoms. The third-order valence-corrected chi connectivity index (χ3v) is 2.25. The van der Waals surface area contributed by atoms with E-state index in [1.165, 1.54) is 6.07 Å². The summed E-state index contributed by atoms with van der Waals surface area (Å²) in [5.41, 5.74) is 4.42. The highest BCUT2D eigenvalue weighted by atomic mass is 19.4. The van der Waals surface area contributed by atoms with Crippen molar-refractivity contribution in [3.05, 3.63) is 47.9 Å². The maximum atomic E-state index is 12.6. The maximum absolute atomic E-state index is 12.6. The van der Waals surface area contributed by atoms with E-state index in [2.05, 4.69) is 4.98 Å².